The Bertz CT molecular complexity index is 511. The molecule has 22 heavy (non-hydrogen) atoms. The lowest BCUT2D eigenvalue weighted by atomic mass is 10.1. The third-order valence-corrected chi connectivity index (χ3v) is 2.84. The van der Waals surface area contributed by atoms with Gasteiger partial charge in [0, 0.05) is 11.3 Å². The molecule has 2 amide bonds. The van der Waals surface area contributed by atoms with E-state index in [4.69, 9.17) is 5.11 Å². The number of carbonyl (C=O) groups excluding carboxylic acids is 2. The highest BCUT2D eigenvalue weighted by atomic mass is 19.4. The van der Waals surface area contributed by atoms with Crippen LogP contribution in [0.5, 0.6) is 0 Å². The second-order valence-corrected chi connectivity index (χ2v) is 4.68. The molecule has 1 aromatic carbocycles. The largest absolute Gasteiger partial charge is 0.397 e. The van der Waals surface area contributed by atoms with E-state index >= 15 is 0 Å². The molecule has 0 bridgehead atoms. The predicted molar refractivity (Wildman–Crippen MR) is 74.4 cm³/mol. The number of nitrogens with one attached hydrogen (secondary N) is 2. The third kappa shape index (κ3) is 6.13. The number of anilines is 1. The van der Waals surface area contributed by atoms with Gasteiger partial charge in [0.1, 0.15) is 6.42 Å². The number of hydrogen-bond acceptors (Lipinski definition) is 3. The van der Waals surface area contributed by atoms with Crippen LogP contribution in [-0.4, -0.2) is 35.7 Å². The maximum atomic E-state index is 12.0. The fourth-order valence-electron chi connectivity index (χ4n) is 1.64. The van der Waals surface area contributed by atoms with E-state index in [2.05, 4.69) is 10.6 Å². The van der Waals surface area contributed by atoms with Crippen molar-refractivity contribution in [1.82, 2.24) is 5.32 Å². The summed E-state index contributed by atoms with van der Waals surface area (Å²) in [6.07, 6.45) is -5.57. The zero-order chi connectivity index (χ0) is 16.8. The first-order chi connectivity index (χ1) is 10.2. The fourth-order valence-corrected chi connectivity index (χ4v) is 1.64. The number of carbonyl (C=O) groups is 2. The summed E-state index contributed by atoms with van der Waals surface area (Å²) in [4.78, 5) is 23.0. The highest BCUT2D eigenvalue weighted by Crippen LogP contribution is 2.20. The molecule has 8 heteroatoms. The van der Waals surface area contributed by atoms with Crippen molar-refractivity contribution in [2.45, 2.75) is 32.0 Å². The van der Waals surface area contributed by atoms with Gasteiger partial charge in [-0.1, -0.05) is 6.92 Å². The second-order valence-electron chi connectivity index (χ2n) is 4.68. The Morgan fingerprint density at radius 1 is 1.23 bits per heavy atom. The summed E-state index contributed by atoms with van der Waals surface area (Å²) in [6.45, 7) is 1.62. The van der Waals surface area contributed by atoms with Gasteiger partial charge >= 0.3 is 6.18 Å². The number of aliphatic hydroxyl groups is 1. The van der Waals surface area contributed by atoms with Crippen molar-refractivity contribution >= 4 is 17.5 Å². The maximum Gasteiger partial charge on any atom is 0.397 e. The van der Waals surface area contributed by atoms with Crippen LogP contribution < -0.4 is 10.6 Å². The topological polar surface area (TPSA) is 78.4 Å². The summed E-state index contributed by atoms with van der Waals surface area (Å²) < 4.78 is 36.1. The molecule has 0 radical (unpaired) electrons. The molecule has 5 nitrogen and oxygen atoms in total. The molecular weight excluding hydrogens is 301 g/mol. The van der Waals surface area contributed by atoms with Crippen LogP contribution in [0.4, 0.5) is 18.9 Å². The fraction of sp³-hybridized carbons (Fsp3) is 0.429. The number of alkyl halides is 3. The first kappa shape index (κ1) is 18.0. The van der Waals surface area contributed by atoms with Crippen molar-refractivity contribution in [1.29, 1.82) is 0 Å². The maximum absolute atomic E-state index is 12.0. The quantitative estimate of drug-likeness (QED) is 0.751. The summed E-state index contributed by atoms with van der Waals surface area (Å²) in [7, 11) is 0. The van der Waals surface area contributed by atoms with Crippen LogP contribution >= 0.6 is 0 Å². The van der Waals surface area contributed by atoms with Crippen molar-refractivity contribution < 1.29 is 27.9 Å². The van der Waals surface area contributed by atoms with Crippen molar-refractivity contribution in [2.75, 3.05) is 11.9 Å². The zero-order valence-corrected chi connectivity index (χ0v) is 11.9. The van der Waals surface area contributed by atoms with Crippen LogP contribution in [0.2, 0.25) is 0 Å². The molecule has 1 aromatic rings. The minimum absolute atomic E-state index is 0.167. The van der Waals surface area contributed by atoms with E-state index in [1.165, 1.54) is 24.3 Å². The minimum atomic E-state index is -4.57. The summed E-state index contributed by atoms with van der Waals surface area (Å²) in [6, 6.07) is 5.07. The predicted octanol–water partition coefficient (Wildman–Crippen LogP) is 2.08. The zero-order valence-electron chi connectivity index (χ0n) is 11.9. The van der Waals surface area contributed by atoms with Gasteiger partial charge in [-0.05, 0) is 30.7 Å². The van der Waals surface area contributed by atoms with Crippen molar-refractivity contribution in [2.24, 2.45) is 0 Å². The number of amides is 2. The Kier molecular flexibility index (Phi) is 6.36. The van der Waals surface area contributed by atoms with Gasteiger partial charge in [0.05, 0.1) is 12.6 Å². The summed E-state index contributed by atoms with van der Waals surface area (Å²) in [5, 5.41) is 13.7. The molecule has 0 fully saturated rings. The van der Waals surface area contributed by atoms with E-state index < -0.39 is 24.4 Å². The number of benzene rings is 1. The van der Waals surface area contributed by atoms with Gasteiger partial charge < -0.3 is 15.7 Å². The molecule has 122 valence electrons. The first-order valence-corrected chi connectivity index (χ1v) is 6.63. The minimum Gasteiger partial charge on any atom is -0.394 e. The molecule has 1 rings (SSSR count). The molecule has 0 aromatic heterocycles. The monoisotopic (exact) mass is 318 g/mol. The Morgan fingerprint density at radius 2 is 1.82 bits per heavy atom. The Morgan fingerprint density at radius 3 is 2.27 bits per heavy atom. The van der Waals surface area contributed by atoms with Crippen LogP contribution in [0, 0.1) is 0 Å². The van der Waals surface area contributed by atoms with Crippen LogP contribution in [0.15, 0.2) is 24.3 Å². The van der Waals surface area contributed by atoms with Gasteiger partial charge in [-0.2, -0.15) is 13.2 Å². The molecule has 3 N–H and O–H groups in total. The molecule has 0 aliphatic rings. The molecule has 0 spiro atoms. The Hall–Kier alpha value is -2.09. The average molecular weight is 318 g/mol. The van der Waals surface area contributed by atoms with Crippen LogP contribution in [0.3, 0.4) is 0 Å². The molecule has 0 aliphatic heterocycles. The normalized spacial score (nSPS) is 12.6. The van der Waals surface area contributed by atoms with E-state index in [-0.39, 0.29) is 23.9 Å². The lowest BCUT2D eigenvalue weighted by molar-refractivity contribution is -0.150. The van der Waals surface area contributed by atoms with E-state index in [9.17, 15) is 22.8 Å². The molecule has 0 heterocycles. The highest BCUT2D eigenvalue weighted by molar-refractivity contribution is 5.96. The third-order valence-electron chi connectivity index (χ3n) is 2.84. The van der Waals surface area contributed by atoms with E-state index in [0.29, 0.717) is 6.42 Å². The summed E-state index contributed by atoms with van der Waals surface area (Å²) in [5.74, 6) is -1.58. The number of hydrogen-bond donors (Lipinski definition) is 3. The molecule has 0 saturated carbocycles. The van der Waals surface area contributed by atoms with Gasteiger partial charge in [0.25, 0.3) is 5.91 Å². The lowest BCUT2D eigenvalue weighted by Crippen LogP contribution is -2.36. The molecule has 0 saturated heterocycles. The van der Waals surface area contributed by atoms with Crippen molar-refractivity contribution in [3.8, 4) is 0 Å². The second kappa shape index (κ2) is 7.79. The Labute approximate surface area is 125 Å². The Balaban J connectivity index is 2.63. The molecule has 0 aliphatic carbocycles. The van der Waals surface area contributed by atoms with E-state index in [1.54, 1.807) is 6.92 Å². The van der Waals surface area contributed by atoms with Crippen molar-refractivity contribution in [3.63, 3.8) is 0 Å². The van der Waals surface area contributed by atoms with Gasteiger partial charge in [-0.25, -0.2) is 0 Å². The van der Waals surface area contributed by atoms with Gasteiger partial charge in [0.15, 0.2) is 0 Å². The molecule has 1 atom stereocenters. The van der Waals surface area contributed by atoms with Crippen LogP contribution in [0.25, 0.3) is 0 Å². The first-order valence-electron chi connectivity index (χ1n) is 6.63. The van der Waals surface area contributed by atoms with Crippen LogP contribution in [-0.2, 0) is 4.79 Å². The number of rotatable bonds is 6. The summed E-state index contributed by atoms with van der Waals surface area (Å²) in [5.41, 5.74) is 0.445. The van der Waals surface area contributed by atoms with E-state index in [0.717, 1.165) is 0 Å². The van der Waals surface area contributed by atoms with Gasteiger partial charge in [-0.15, -0.1) is 0 Å². The smallest absolute Gasteiger partial charge is 0.394 e. The van der Waals surface area contributed by atoms with Gasteiger partial charge in [-0.3, -0.25) is 9.59 Å². The summed E-state index contributed by atoms with van der Waals surface area (Å²) >= 11 is 0. The van der Waals surface area contributed by atoms with Crippen molar-refractivity contribution in [3.05, 3.63) is 29.8 Å². The lowest BCUT2D eigenvalue weighted by Gasteiger charge is -2.14. The average Bonchev–Trinajstić information content (AvgIpc) is 2.43. The SMILES string of the molecule is CCC(CO)NC(=O)c1ccc(NC(=O)CC(F)(F)F)cc1. The number of aliphatic hydroxyl groups excluding tert-OH is 1. The van der Waals surface area contributed by atoms with E-state index in [1.807, 2.05) is 0 Å². The number of halogens is 3. The van der Waals surface area contributed by atoms with Crippen LogP contribution in [0.1, 0.15) is 30.1 Å². The molecular formula is C14H17F3N2O3. The van der Waals surface area contributed by atoms with Gasteiger partial charge in [0.2, 0.25) is 5.91 Å². The molecule has 1 unspecified atom stereocenters. The standard InChI is InChI=1S/C14H17F3N2O3/c1-2-10(8-20)19-13(22)9-3-5-11(6-4-9)18-12(21)7-14(15,16)17/h3-6,10,20H,2,7-8H2,1H3,(H,18,21)(H,19,22). The highest BCUT2D eigenvalue weighted by Gasteiger charge is 2.31.